The maximum Gasteiger partial charge on any atom is 0.232 e. The first-order chi connectivity index (χ1) is 10.1. The van der Waals surface area contributed by atoms with Gasteiger partial charge in [0.15, 0.2) is 5.78 Å². The number of carbonyl (C=O) groups is 2. The number of hydrogen-bond acceptors (Lipinski definition) is 2. The minimum atomic E-state index is -0.503. The molecule has 0 saturated heterocycles. The summed E-state index contributed by atoms with van der Waals surface area (Å²) in [6.07, 6.45) is 0.168. The van der Waals surface area contributed by atoms with Gasteiger partial charge in [0.2, 0.25) is 5.91 Å². The monoisotopic (exact) mass is 283 g/mol. The van der Waals surface area contributed by atoms with Gasteiger partial charge in [-0.15, -0.1) is 0 Å². The van der Waals surface area contributed by atoms with Crippen LogP contribution in [0.3, 0.4) is 0 Å². The maximum atomic E-state index is 13.2. The lowest BCUT2D eigenvalue weighted by Gasteiger charge is -2.13. The van der Waals surface area contributed by atoms with Crippen molar-refractivity contribution in [1.82, 2.24) is 0 Å². The van der Waals surface area contributed by atoms with Crippen molar-refractivity contribution in [2.75, 3.05) is 5.32 Å². The van der Waals surface area contributed by atoms with Crippen LogP contribution >= 0.6 is 0 Å². The van der Waals surface area contributed by atoms with E-state index in [9.17, 15) is 14.0 Å². The van der Waals surface area contributed by atoms with Crippen LogP contribution in [-0.4, -0.2) is 11.7 Å². The molecule has 0 fully saturated rings. The molecule has 1 amide bonds. The topological polar surface area (TPSA) is 46.2 Å². The van der Waals surface area contributed by atoms with Crippen LogP contribution in [0.1, 0.15) is 33.8 Å². The normalized spacial score (nSPS) is 16.7. The van der Waals surface area contributed by atoms with Gasteiger partial charge in [0, 0.05) is 17.7 Å². The maximum absolute atomic E-state index is 13.2. The lowest BCUT2D eigenvalue weighted by Crippen LogP contribution is -2.20. The number of benzene rings is 2. The number of amides is 1. The third kappa shape index (κ3) is 2.44. The van der Waals surface area contributed by atoms with Crippen LogP contribution in [0.15, 0.2) is 42.5 Å². The van der Waals surface area contributed by atoms with Crippen molar-refractivity contribution >= 4 is 17.4 Å². The highest BCUT2D eigenvalue weighted by Crippen LogP contribution is 2.36. The van der Waals surface area contributed by atoms with Gasteiger partial charge in [-0.3, -0.25) is 9.59 Å². The molecule has 0 saturated carbocycles. The Bertz CT molecular complexity index is 739. The van der Waals surface area contributed by atoms with Crippen LogP contribution in [0.2, 0.25) is 0 Å². The molecule has 2 aromatic carbocycles. The van der Waals surface area contributed by atoms with E-state index in [0.717, 1.165) is 11.1 Å². The Kier molecular flexibility index (Phi) is 3.29. The van der Waals surface area contributed by atoms with Crippen molar-refractivity contribution in [3.63, 3.8) is 0 Å². The van der Waals surface area contributed by atoms with Gasteiger partial charge in [0.25, 0.3) is 0 Å². The summed E-state index contributed by atoms with van der Waals surface area (Å²) in [6, 6.07) is 11.2. The van der Waals surface area contributed by atoms with Crippen molar-refractivity contribution < 1.29 is 14.0 Å². The number of rotatable bonds is 2. The molecule has 0 aliphatic heterocycles. The van der Waals surface area contributed by atoms with Gasteiger partial charge in [0.05, 0.1) is 5.92 Å². The minimum absolute atomic E-state index is 0.0203. The van der Waals surface area contributed by atoms with Gasteiger partial charge in [-0.25, -0.2) is 4.39 Å². The van der Waals surface area contributed by atoms with Gasteiger partial charge in [-0.05, 0) is 36.2 Å². The SMILES string of the molecule is Cc1cccc2c1C(C(=O)Nc1cccc(F)c1)CC2=O. The standard InChI is InChI=1S/C17H14FNO2/c1-10-4-2-7-13-15(20)9-14(16(10)13)17(21)19-12-6-3-5-11(18)8-12/h2-8,14H,9H2,1H3,(H,19,21). The average Bonchev–Trinajstić information content (AvgIpc) is 2.78. The number of hydrogen-bond donors (Lipinski definition) is 1. The smallest absolute Gasteiger partial charge is 0.232 e. The van der Waals surface area contributed by atoms with Gasteiger partial charge in [0.1, 0.15) is 5.82 Å². The van der Waals surface area contributed by atoms with Crippen molar-refractivity contribution in [1.29, 1.82) is 0 Å². The zero-order chi connectivity index (χ0) is 15.0. The molecule has 3 rings (SSSR count). The molecule has 106 valence electrons. The summed E-state index contributed by atoms with van der Waals surface area (Å²) in [6.45, 7) is 1.89. The van der Waals surface area contributed by atoms with E-state index in [1.54, 1.807) is 12.1 Å². The summed E-state index contributed by atoms with van der Waals surface area (Å²) in [7, 11) is 0. The quantitative estimate of drug-likeness (QED) is 0.917. The van der Waals surface area contributed by atoms with E-state index < -0.39 is 11.7 Å². The number of aryl methyl sites for hydroxylation is 1. The second kappa shape index (κ2) is 5.13. The van der Waals surface area contributed by atoms with Crippen LogP contribution < -0.4 is 5.32 Å². The number of fused-ring (bicyclic) bond motifs is 1. The lowest BCUT2D eigenvalue weighted by molar-refractivity contribution is -0.117. The summed E-state index contributed by atoms with van der Waals surface area (Å²) in [4.78, 5) is 24.4. The number of nitrogens with one attached hydrogen (secondary N) is 1. The number of Topliss-reactive ketones (excluding diaryl/α,β-unsaturated/α-hetero) is 1. The Morgan fingerprint density at radius 2 is 2.00 bits per heavy atom. The van der Waals surface area contributed by atoms with E-state index in [2.05, 4.69) is 5.32 Å². The van der Waals surface area contributed by atoms with Gasteiger partial charge in [-0.1, -0.05) is 24.3 Å². The predicted octanol–water partition coefficient (Wildman–Crippen LogP) is 3.44. The molecule has 1 aliphatic carbocycles. The van der Waals surface area contributed by atoms with Crippen LogP contribution in [0.5, 0.6) is 0 Å². The summed E-state index contributed by atoms with van der Waals surface area (Å²) in [5.41, 5.74) is 2.73. The fourth-order valence-electron chi connectivity index (χ4n) is 2.80. The summed E-state index contributed by atoms with van der Waals surface area (Å²) < 4.78 is 13.2. The molecule has 1 atom stereocenters. The highest BCUT2D eigenvalue weighted by molar-refractivity contribution is 6.09. The van der Waals surface area contributed by atoms with Crippen LogP contribution in [0.4, 0.5) is 10.1 Å². The molecule has 1 unspecified atom stereocenters. The third-order valence-electron chi connectivity index (χ3n) is 3.77. The molecule has 0 heterocycles. The van der Waals surface area contributed by atoms with Crippen molar-refractivity contribution in [3.05, 3.63) is 65.0 Å². The molecule has 1 aliphatic rings. The van der Waals surface area contributed by atoms with Crippen LogP contribution in [0.25, 0.3) is 0 Å². The average molecular weight is 283 g/mol. The summed E-state index contributed by atoms with van der Waals surface area (Å²) in [5.74, 6) is -1.21. The molecule has 0 radical (unpaired) electrons. The van der Waals surface area contributed by atoms with E-state index >= 15 is 0 Å². The van der Waals surface area contributed by atoms with Crippen molar-refractivity contribution in [2.45, 2.75) is 19.3 Å². The van der Waals surface area contributed by atoms with Gasteiger partial charge >= 0.3 is 0 Å². The predicted molar refractivity (Wildman–Crippen MR) is 77.9 cm³/mol. The van der Waals surface area contributed by atoms with E-state index in [1.165, 1.54) is 18.2 Å². The first kappa shape index (κ1) is 13.5. The van der Waals surface area contributed by atoms with Crippen molar-refractivity contribution in [2.24, 2.45) is 0 Å². The van der Waals surface area contributed by atoms with E-state index in [0.29, 0.717) is 11.3 Å². The second-order valence-corrected chi connectivity index (χ2v) is 5.22. The summed E-state index contributed by atoms with van der Waals surface area (Å²) >= 11 is 0. The first-order valence-electron chi connectivity index (χ1n) is 6.75. The highest BCUT2D eigenvalue weighted by Gasteiger charge is 2.35. The van der Waals surface area contributed by atoms with E-state index in [4.69, 9.17) is 0 Å². The van der Waals surface area contributed by atoms with Crippen LogP contribution in [-0.2, 0) is 4.79 Å². The number of carbonyl (C=O) groups excluding carboxylic acids is 2. The van der Waals surface area contributed by atoms with Crippen LogP contribution in [0, 0.1) is 12.7 Å². The molecule has 21 heavy (non-hydrogen) atoms. The highest BCUT2D eigenvalue weighted by atomic mass is 19.1. The van der Waals surface area contributed by atoms with Crippen molar-refractivity contribution in [3.8, 4) is 0 Å². The zero-order valence-electron chi connectivity index (χ0n) is 11.5. The third-order valence-corrected chi connectivity index (χ3v) is 3.77. The first-order valence-corrected chi connectivity index (χ1v) is 6.75. The number of ketones is 1. The molecular formula is C17H14FNO2. The molecule has 4 heteroatoms. The molecule has 0 bridgehead atoms. The molecule has 0 spiro atoms. The Morgan fingerprint density at radius 1 is 1.24 bits per heavy atom. The Labute approximate surface area is 121 Å². The molecule has 1 N–H and O–H groups in total. The summed E-state index contributed by atoms with van der Waals surface area (Å²) in [5, 5.41) is 2.68. The number of anilines is 1. The zero-order valence-corrected chi connectivity index (χ0v) is 11.5. The second-order valence-electron chi connectivity index (χ2n) is 5.22. The Morgan fingerprint density at radius 3 is 2.76 bits per heavy atom. The minimum Gasteiger partial charge on any atom is -0.325 e. The Hall–Kier alpha value is -2.49. The largest absolute Gasteiger partial charge is 0.325 e. The fraction of sp³-hybridized carbons (Fsp3) is 0.176. The van der Waals surface area contributed by atoms with Gasteiger partial charge < -0.3 is 5.32 Å². The lowest BCUT2D eigenvalue weighted by atomic mass is 9.96. The fourth-order valence-corrected chi connectivity index (χ4v) is 2.80. The van der Waals surface area contributed by atoms with E-state index in [-0.39, 0.29) is 18.1 Å². The van der Waals surface area contributed by atoms with Gasteiger partial charge in [-0.2, -0.15) is 0 Å². The molecule has 2 aromatic rings. The van der Waals surface area contributed by atoms with E-state index in [1.807, 2.05) is 19.1 Å². The Balaban J connectivity index is 1.89. The molecule has 3 nitrogen and oxygen atoms in total. The number of halogens is 1. The molecular weight excluding hydrogens is 269 g/mol. The molecule has 0 aromatic heterocycles.